The van der Waals surface area contributed by atoms with Crippen LogP contribution in [0.3, 0.4) is 0 Å². The van der Waals surface area contributed by atoms with Gasteiger partial charge in [-0.15, -0.1) is 0 Å². The van der Waals surface area contributed by atoms with Crippen LogP contribution in [0.5, 0.6) is 11.5 Å². The van der Waals surface area contributed by atoms with Crippen LogP contribution in [0.4, 0.5) is 10.5 Å². The van der Waals surface area contributed by atoms with E-state index >= 15 is 0 Å². The van der Waals surface area contributed by atoms with E-state index in [-0.39, 0.29) is 17.5 Å². The third-order valence-corrected chi connectivity index (χ3v) is 3.42. The summed E-state index contributed by atoms with van der Waals surface area (Å²) < 4.78 is 10.4. The third-order valence-electron chi connectivity index (χ3n) is 3.42. The van der Waals surface area contributed by atoms with Crippen molar-refractivity contribution in [2.45, 2.75) is 45.3 Å². The number of rotatable bonds is 3. The van der Waals surface area contributed by atoms with Gasteiger partial charge in [0.25, 0.3) is 0 Å². The van der Waals surface area contributed by atoms with Crippen molar-refractivity contribution in [3.63, 3.8) is 0 Å². The van der Waals surface area contributed by atoms with Gasteiger partial charge in [-0.25, -0.2) is 4.79 Å². The number of anilines is 1. The largest absolute Gasteiger partial charge is 0.503 e. The number of aromatic hydroxyl groups is 1. The fourth-order valence-corrected chi connectivity index (χ4v) is 2.46. The lowest BCUT2D eigenvalue weighted by molar-refractivity contribution is 0.0635. The van der Waals surface area contributed by atoms with Crippen LogP contribution in [0, 0.1) is 0 Å². The van der Waals surface area contributed by atoms with Gasteiger partial charge in [-0.1, -0.05) is 0 Å². The Morgan fingerprint density at radius 2 is 2.14 bits per heavy atom. The number of benzene rings is 1. The minimum atomic E-state index is -0.610. The lowest BCUT2D eigenvalue weighted by atomic mass is 10.0. The Hall–Kier alpha value is -1.95. The molecule has 22 heavy (non-hydrogen) atoms. The molecule has 1 aromatic rings. The zero-order chi connectivity index (χ0) is 16.3. The molecule has 1 fully saturated rings. The number of phenolic OH excluding ortho intramolecular Hbond substituents is 1. The van der Waals surface area contributed by atoms with Gasteiger partial charge >= 0.3 is 6.09 Å². The predicted octanol–water partition coefficient (Wildman–Crippen LogP) is 3.17. The fourth-order valence-electron chi connectivity index (χ4n) is 2.46. The molecule has 2 rings (SSSR count). The third kappa shape index (κ3) is 4.04. The van der Waals surface area contributed by atoms with E-state index in [4.69, 9.17) is 9.47 Å². The Labute approximate surface area is 130 Å². The van der Waals surface area contributed by atoms with Crippen LogP contribution < -0.4 is 15.4 Å². The zero-order valence-electron chi connectivity index (χ0n) is 13.5. The monoisotopic (exact) mass is 308 g/mol. The van der Waals surface area contributed by atoms with E-state index in [1.165, 1.54) is 7.11 Å². The first-order valence-corrected chi connectivity index (χ1v) is 7.44. The number of hydrogen-bond donors (Lipinski definition) is 3. The molecule has 1 atom stereocenters. The van der Waals surface area contributed by atoms with E-state index < -0.39 is 11.7 Å². The molecule has 0 aliphatic carbocycles. The number of carbonyl (C=O) groups is 1. The smallest absolute Gasteiger partial charge is 0.412 e. The lowest BCUT2D eigenvalue weighted by Crippen LogP contribution is -2.27. The van der Waals surface area contributed by atoms with Crippen LogP contribution in [-0.2, 0) is 4.74 Å². The molecule has 122 valence electrons. The van der Waals surface area contributed by atoms with Crippen molar-refractivity contribution >= 4 is 11.8 Å². The molecule has 1 aromatic carbocycles. The number of ether oxygens (including phenoxy) is 2. The molecule has 6 nitrogen and oxygen atoms in total. The molecule has 3 N–H and O–H groups in total. The number of carbonyl (C=O) groups excluding carboxylic acids is 1. The second-order valence-corrected chi connectivity index (χ2v) is 6.40. The van der Waals surface area contributed by atoms with E-state index in [1.54, 1.807) is 32.9 Å². The molecule has 0 radical (unpaired) electrons. The number of phenols is 1. The van der Waals surface area contributed by atoms with Crippen LogP contribution in [-0.4, -0.2) is 30.5 Å². The van der Waals surface area contributed by atoms with Crippen molar-refractivity contribution in [1.29, 1.82) is 0 Å². The van der Waals surface area contributed by atoms with Crippen LogP contribution >= 0.6 is 0 Å². The maximum atomic E-state index is 11.9. The molecule has 1 saturated heterocycles. The second kappa shape index (κ2) is 6.44. The number of methoxy groups -OCH3 is 1. The normalized spacial score (nSPS) is 18.1. The van der Waals surface area contributed by atoms with Crippen molar-refractivity contribution in [3.8, 4) is 11.5 Å². The van der Waals surface area contributed by atoms with Gasteiger partial charge in [0.2, 0.25) is 0 Å². The summed E-state index contributed by atoms with van der Waals surface area (Å²) in [5.74, 6) is 0.229. The van der Waals surface area contributed by atoms with Gasteiger partial charge in [-0.05, 0) is 57.9 Å². The Bertz CT molecular complexity index is 546. The van der Waals surface area contributed by atoms with Crippen molar-refractivity contribution in [2.75, 3.05) is 19.0 Å². The van der Waals surface area contributed by atoms with Crippen molar-refractivity contribution in [2.24, 2.45) is 0 Å². The zero-order valence-corrected chi connectivity index (χ0v) is 13.5. The summed E-state index contributed by atoms with van der Waals surface area (Å²) in [4.78, 5) is 11.9. The minimum absolute atomic E-state index is 0.102. The summed E-state index contributed by atoms with van der Waals surface area (Å²) in [6, 6.07) is 3.75. The highest BCUT2D eigenvalue weighted by atomic mass is 16.6. The highest BCUT2D eigenvalue weighted by Gasteiger charge is 2.22. The standard InChI is InChI=1S/C16H24N2O4/c1-16(2,3)22-15(20)18-12-8-10(11-6-5-7-17-11)9-13(21-4)14(12)19/h8-9,11,17,19H,5-7H2,1-4H3,(H,18,20). The molecular formula is C16H24N2O4. The number of hydrogen-bond acceptors (Lipinski definition) is 5. The second-order valence-electron chi connectivity index (χ2n) is 6.40. The first kappa shape index (κ1) is 16.4. The van der Waals surface area contributed by atoms with E-state index in [9.17, 15) is 9.90 Å². The summed E-state index contributed by atoms with van der Waals surface area (Å²) in [7, 11) is 1.48. The molecule has 0 spiro atoms. The molecule has 0 bridgehead atoms. The van der Waals surface area contributed by atoms with Gasteiger partial charge < -0.3 is 19.9 Å². The molecule has 0 saturated carbocycles. The highest BCUT2D eigenvalue weighted by Crippen LogP contribution is 2.38. The maximum Gasteiger partial charge on any atom is 0.412 e. The van der Waals surface area contributed by atoms with Crippen LogP contribution in [0.2, 0.25) is 0 Å². The van der Waals surface area contributed by atoms with Crippen molar-refractivity contribution in [1.82, 2.24) is 5.32 Å². The molecule has 6 heteroatoms. The summed E-state index contributed by atoms with van der Waals surface area (Å²) in [6.45, 7) is 6.31. The SMILES string of the molecule is COc1cc(C2CCCN2)cc(NC(=O)OC(C)(C)C)c1O. The summed E-state index contributed by atoms with van der Waals surface area (Å²) in [6.07, 6.45) is 1.50. The lowest BCUT2D eigenvalue weighted by Gasteiger charge is -2.21. The quantitative estimate of drug-likeness (QED) is 0.747. The summed E-state index contributed by atoms with van der Waals surface area (Å²) in [5.41, 5.74) is 0.657. The van der Waals surface area contributed by atoms with Crippen LogP contribution in [0.1, 0.15) is 45.2 Å². The molecule has 1 aliphatic heterocycles. The highest BCUT2D eigenvalue weighted by molar-refractivity contribution is 5.88. The summed E-state index contributed by atoms with van der Waals surface area (Å²) >= 11 is 0. The molecule has 0 aromatic heterocycles. The van der Waals surface area contributed by atoms with Crippen LogP contribution in [0.25, 0.3) is 0 Å². The van der Waals surface area contributed by atoms with Gasteiger partial charge in [0, 0.05) is 6.04 Å². The molecule has 1 heterocycles. The average molecular weight is 308 g/mol. The van der Waals surface area contributed by atoms with Crippen molar-refractivity contribution < 1.29 is 19.4 Å². The maximum absolute atomic E-state index is 11.9. The fraction of sp³-hybridized carbons (Fsp3) is 0.562. The molecule has 1 aliphatic rings. The average Bonchev–Trinajstić information content (AvgIpc) is 2.92. The van der Waals surface area contributed by atoms with Gasteiger partial charge in [0.05, 0.1) is 12.8 Å². The van der Waals surface area contributed by atoms with Gasteiger partial charge in [0.15, 0.2) is 11.5 Å². The minimum Gasteiger partial charge on any atom is -0.503 e. The molecule has 1 unspecified atom stereocenters. The Morgan fingerprint density at radius 3 is 2.68 bits per heavy atom. The topological polar surface area (TPSA) is 79.8 Å². The first-order chi connectivity index (χ1) is 10.3. The Morgan fingerprint density at radius 1 is 1.41 bits per heavy atom. The van der Waals surface area contributed by atoms with Crippen molar-refractivity contribution in [3.05, 3.63) is 17.7 Å². The Kier molecular flexibility index (Phi) is 4.81. The predicted molar refractivity (Wildman–Crippen MR) is 84.5 cm³/mol. The number of nitrogens with one attached hydrogen (secondary N) is 2. The number of amides is 1. The van der Waals surface area contributed by atoms with Crippen LogP contribution in [0.15, 0.2) is 12.1 Å². The Balaban J connectivity index is 2.25. The summed E-state index contributed by atoms with van der Waals surface area (Å²) in [5, 5.41) is 16.2. The van der Waals surface area contributed by atoms with E-state index in [0.29, 0.717) is 5.75 Å². The first-order valence-electron chi connectivity index (χ1n) is 7.44. The molecular weight excluding hydrogens is 284 g/mol. The van der Waals surface area contributed by atoms with Gasteiger partial charge in [-0.3, -0.25) is 5.32 Å². The van der Waals surface area contributed by atoms with E-state index in [0.717, 1.165) is 24.9 Å². The molecule has 1 amide bonds. The van der Waals surface area contributed by atoms with E-state index in [2.05, 4.69) is 10.6 Å². The van der Waals surface area contributed by atoms with Gasteiger partial charge in [0.1, 0.15) is 5.60 Å². The van der Waals surface area contributed by atoms with E-state index in [1.807, 2.05) is 0 Å². The van der Waals surface area contributed by atoms with Gasteiger partial charge in [-0.2, -0.15) is 0 Å².